The van der Waals surface area contributed by atoms with Crippen LogP contribution in [0.3, 0.4) is 0 Å². The molecule has 0 saturated heterocycles. The van der Waals surface area contributed by atoms with E-state index in [1.165, 1.54) is 0 Å². The van der Waals surface area contributed by atoms with Crippen molar-refractivity contribution in [1.82, 2.24) is 10.2 Å². The first-order valence-corrected chi connectivity index (χ1v) is 8.00. The van der Waals surface area contributed by atoms with Gasteiger partial charge >= 0.3 is 5.97 Å². The Balaban J connectivity index is 4.23. The number of hydrogen-bond donors (Lipinski definition) is 2. The highest BCUT2D eigenvalue weighted by Crippen LogP contribution is 2.16. The van der Waals surface area contributed by atoms with Crippen molar-refractivity contribution in [3.05, 3.63) is 0 Å². The first-order chi connectivity index (χ1) is 9.76. The van der Waals surface area contributed by atoms with Gasteiger partial charge in [0.05, 0.1) is 6.61 Å². The molecule has 2 N–H and O–H groups in total. The largest absolute Gasteiger partial charge is 0.480 e. The zero-order valence-corrected chi connectivity index (χ0v) is 14.6. The summed E-state index contributed by atoms with van der Waals surface area (Å²) in [4.78, 5) is 13.8. The van der Waals surface area contributed by atoms with Crippen LogP contribution >= 0.6 is 0 Å². The SMILES string of the molecule is CCN(CCCCC(C)(NC(C)C)C(=O)O)C(C)COC. The van der Waals surface area contributed by atoms with Gasteiger partial charge in [-0.05, 0) is 60.0 Å². The van der Waals surface area contributed by atoms with E-state index in [9.17, 15) is 9.90 Å². The Bertz CT molecular complexity index is 297. The number of nitrogens with one attached hydrogen (secondary N) is 1. The van der Waals surface area contributed by atoms with Crippen LogP contribution in [0.4, 0.5) is 0 Å². The standard InChI is InChI=1S/C16H34N2O3/c1-7-18(14(4)12-21-6)11-9-8-10-16(5,15(19)20)17-13(2)3/h13-14,17H,7-12H2,1-6H3,(H,19,20). The van der Waals surface area contributed by atoms with Crippen molar-refractivity contribution in [3.8, 4) is 0 Å². The summed E-state index contributed by atoms with van der Waals surface area (Å²) in [6.07, 6.45) is 2.56. The van der Waals surface area contributed by atoms with Crippen molar-refractivity contribution >= 4 is 5.97 Å². The van der Waals surface area contributed by atoms with Gasteiger partial charge in [-0.3, -0.25) is 15.0 Å². The molecular weight excluding hydrogens is 268 g/mol. The van der Waals surface area contributed by atoms with E-state index in [0.717, 1.165) is 32.5 Å². The quantitative estimate of drug-likeness (QED) is 0.542. The Morgan fingerprint density at radius 1 is 1.33 bits per heavy atom. The fraction of sp³-hybridized carbons (Fsp3) is 0.938. The third kappa shape index (κ3) is 7.79. The molecule has 2 unspecified atom stereocenters. The van der Waals surface area contributed by atoms with Gasteiger partial charge < -0.3 is 9.84 Å². The molecular formula is C16H34N2O3. The first kappa shape index (κ1) is 20.3. The van der Waals surface area contributed by atoms with Crippen molar-refractivity contribution in [2.75, 3.05) is 26.8 Å². The number of rotatable bonds is 12. The second kappa shape index (κ2) is 10.1. The second-order valence-electron chi connectivity index (χ2n) is 6.33. The van der Waals surface area contributed by atoms with Crippen molar-refractivity contribution in [1.29, 1.82) is 0 Å². The molecule has 0 radical (unpaired) electrons. The van der Waals surface area contributed by atoms with E-state index >= 15 is 0 Å². The summed E-state index contributed by atoms with van der Waals surface area (Å²) in [5.41, 5.74) is -0.830. The summed E-state index contributed by atoms with van der Waals surface area (Å²) in [5, 5.41) is 12.6. The van der Waals surface area contributed by atoms with Crippen LogP contribution in [0.5, 0.6) is 0 Å². The second-order valence-corrected chi connectivity index (χ2v) is 6.33. The van der Waals surface area contributed by atoms with Gasteiger partial charge in [0.2, 0.25) is 0 Å². The highest BCUT2D eigenvalue weighted by molar-refractivity contribution is 5.78. The van der Waals surface area contributed by atoms with Crippen LogP contribution in [0.1, 0.15) is 53.9 Å². The molecule has 0 rings (SSSR count). The van der Waals surface area contributed by atoms with Crippen LogP contribution in [0.2, 0.25) is 0 Å². The molecule has 0 aromatic rings. The van der Waals surface area contributed by atoms with E-state index in [0.29, 0.717) is 12.5 Å². The lowest BCUT2D eigenvalue weighted by atomic mass is 9.94. The van der Waals surface area contributed by atoms with E-state index in [-0.39, 0.29) is 6.04 Å². The van der Waals surface area contributed by atoms with Crippen molar-refractivity contribution in [2.24, 2.45) is 0 Å². The third-order valence-electron chi connectivity index (χ3n) is 3.89. The maximum Gasteiger partial charge on any atom is 0.323 e. The number of ether oxygens (including phenoxy) is 1. The lowest BCUT2D eigenvalue weighted by Gasteiger charge is -2.30. The summed E-state index contributed by atoms with van der Waals surface area (Å²) in [5.74, 6) is -0.767. The molecule has 0 aromatic carbocycles. The Hall–Kier alpha value is -0.650. The number of hydrogen-bond acceptors (Lipinski definition) is 4. The minimum Gasteiger partial charge on any atom is -0.480 e. The van der Waals surface area contributed by atoms with Crippen LogP contribution < -0.4 is 5.32 Å². The summed E-state index contributed by atoms with van der Waals surface area (Å²) in [6, 6.07) is 0.569. The number of carboxylic acids is 1. The molecule has 0 heterocycles. The molecule has 0 aliphatic heterocycles. The average molecular weight is 302 g/mol. The third-order valence-corrected chi connectivity index (χ3v) is 3.89. The van der Waals surface area contributed by atoms with Crippen LogP contribution in [-0.2, 0) is 9.53 Å². The smallest absolute Gasteiger partial charge is 0.323 e. The van der Waals surface area contributed by atoms with Gasteiger partial charge in [-0.25, -0.2) is 0 Å². The molecule has 126 valence electrons. The number of nitrogens with zero attached hydrogens (tertiary/aromatic N) is 1. The lowest BCUT2D eigenvalue weighted by molar-refractivity contribution is -0.144. The summed E-state index contributed by atoms with van der Waals surface area (Å²) >= 11 is 0. The molecule has 0 aliphatic carbocycles. The molecule has 5 heteroatoms. The minimum absolute atomic E-state index is 0.167. The van der Waals surface area contributed by atoms with Crippen LogP contribution in [0.15, 0.2) is 0 Å². The molecule has 0 fully saturated rings. The number of carbonyl (C=O) groups is 1. The van der Waals surface area contributed by atoms with Gasteiger partial charge in [0.1, 0.15) is 5.54 Å². The zero-order valence-electron chi connectivity index (χ0n) is 14.6. The van der Waals surface area contributed by atoms with Crippen molar-refractivity contribution < 1.29 is 14.6 Å². The topological polar surface area (TPSA) is 61.8 Å². The van der Waals surface area contributed by atoms with Gasteiger partial charge in [0.25, 0.3) is 0 Å². The van der Waals surface area contributed by atoms with E-state index in [4.69, 9.17) is 4.74 Å². The molecule has 21 heavy (non-hydrogen) atoms. The molecule has 5 nitrogen and oxygen atoms in total. The molecule has 0 aromatic heterocycles. The summed E-state index contributed by atoms with van der Waals surface area (Å²) < 4.78 is 5.19. The molecule has 0 saturated carbocycles. The molecule has 0 amide bonds. The van der Waals surface area contributed by atoms with E-state index in [2.05, 4.69) is 24.1 Å². The van der Waals surface area contributed by atoms with Crippen LogP contribution in [0, 0.1) is 0 Å². The fourth-order valence-electron chi connectivity index (χ4n) is 2.71. The number of unbranched alkanes of at least 4 members (excludes halogenated alkanes) is 1. The van der Waals surface area contributed by atoms with Gasteiger partial charge in [-0.15, -0.1) is 0 Å². The molecule has 2 atom stereocenters. The maximum atomic E-state index is 11.4. The molecule has 0 spiro atoms. The fourth-order valence-corrected chi connectivity index (χ4v) is 2.71. The lowest BCUT2D eigenvalue weighted by Crippen LogP contribution is -2.52. The number of methoxy groups -OCH3 is 1. The normalized spacial score (nSPS) is 16.2. The maximum absolute atomic E-state index is 11.4. The molecule has 0 bridgehead atoms. The number of carboxylic acid groups (broad SMARTS) is 1. The zero-order chi connectivity index (χ0) is 16.5. The number of aliphatic carboxylic acids is 1. The van der Waals surface area contributed by atoms with Crippen molar-refractivity contribution in [3.63, 3.8) is 0 Å². The summed E-state index contributed by atoms with van der Waals surface area (Å²) in [6.45, 7) is 12.8. The van der Waals surface area contributed by atoms with Gasteiger partial charge in [-0.1, -0.05) is 6.92 Å². The Morgan fingerprint density at radius 2 is 1.95 bits per heavy atom. The Morgan fingerprint density at radius 3 is 2.38 bits per heavy atom. The van der Waals surface area contributed by atoms with Gasteiger partial charge in [0.15, 0.2) is 0 Å². The molecule has 0 aliphatic rings. The summed E-state index contributed by atoms with van der Waals surface area (Å²) in [7, 11) is 1.72. The monoisotopic (exact) mass is 302 g/mol. The minimum atomic E-state index is -0.830. The number of likely N-dealkylation sites (N-methyl/N-ethyl adjacent to an activating group) is 1. The highest BCUT2D eigenvalue weighted by atomic mass is 16.5. The first-order valence-electron chi connectivity index (χ1n) is 8.00. The predicted molar refractivity (Wildman–Crippen MR) is 86.7 cm³/mol. The van der Waals surface area contributed by atoms with Crippen LogP contribution in [-0.4, -0.2) is 60.4 Å². The Labute approximate surface area is 130 Å². The predicted octanol–water partition coefficient (Wildman–Crippen LogP) is 2.35. The highest BCUT2D eigenvalue weighted by Gasteiger charge is 2.32. The average Bonchev–Trinajstić information content (AvgIpc) is 2.38. The van der Waals surface area contributed by atoms with Crippen LogP contribution in [0.25, 0.3) is 0 Å². The van der Waals surface area contributed by atoms with Crippen molar-refractivity contribution in [2.45, 2.75) is 71.5 Å². The van der Waals surface area contributed by atoms with E-state index < -0.39 is 11.5 Å². The Kier molecular flexibility index (Phi) is 9.83. The van der Waals surface area contributed by atoms with E-state index in [1.807, 2.05) is 13.8 Å². The van der Waals surface area contributed by atoms with Gasteiger partial charge in [0, 0.05) is 19.2 Å². The van der Waals surface area contributed by atoms with Gasteiger partial charge in [-0.2, -0.15) is 0 Å². The van der Waals surface area contributed by atoms with E-state index in [1.54, 1.807) is 14.0 Å².